The number of amides is 1. The molecule has 1 aliphatic rings. The molecule has 0 bridgehead atoms. The number of alkyl carbamates (subject to hydrolysis) is 1. The Labute approximate surface area is 136 Å². The Kier molecular flexibility index (Phi) is 9.48. The molecule has 0 aliphatic carbocycles. The molecular weight excluding hydrogens is 278 g/mol. The van der Waals surface area contributed by atoms with Crippen LogP contribution in [0, 0.1) is 0 Å². The standard InChI is InChI=1S/C17H35N3O2/c1-17(2,3)22-16(21)19-10-8-6-4-5-7-9-13-20-14-11-18-12-15-20/h18H,4-15H2,1-3H3,(H,19,21). The number of carbonyl (C=O) groups excluding carboxylic acids is 1. The number of ether oxygens (including phenoxy) is 1. The maximum atomic E-state index is 11.4. The maximum absolute atomic E-state index is 11.4. The SMILES string of the molecule is CC(C)(C)OC(=O)NCCCCCCCCN1CCNCC1. The number of hydrogen-bond acceptors (Lipinski definition) is 4. The normalized spacial score (nSPS) is 16.5. The van der Waals surface area contributed by atoms with E-state index in [1.54, 1.807) is 0 Å². The predicted octanol–water partition coefficient (Wildman–Crippen LogP) is 2.76. The van der Waals surface area contributed by atoms with Crippen LogP contribution in [0.15, 0.2) is 0 Å². The van der Waals surface area contributed by atoms with E-state index in [4.69, 9.17) is 4.74 Å². The van der Waals surface area contributed by atoms with Gasteiger partial charge in [0.15, 0.2) is 0 Å². The fraction of sp³-hybridized carbons (Fsp3) is 0.941. The molecule has 1 amide bonds. The monoisotopic (exact) mass is 313 g/mol. The van der Waals surface area contributed by atoms with Crippen molar-refractivity contribution in [2.24, 2.45) is 0 Å². The smallest absolute Gasteiger partial charge is 0.407 e. The van der Waals surface area contributed by atoms with Gasteiger partial charge < -0.3 is 20.3 Å². The van der Waals surface area contributed by atoms with Crippen LogP contribution in [0.25, 0.3) is 0 Å². The molecule has 5 nitrogen and oxygen atoms in total. The van der Waals surface area contributed by atoms with E-state index in [9.17, 15) is 4.79 Å². The lowest BCUT2D eigenvalue weighted by atomic mass is 10.1. The summed E-state index contributed by atoms with van der Waals surface area (Å²) in [5.74, 6) is 0. The minimum Gasteiger partial charge on any atom is -0.444 e. The van der Waals surface area contributed by atoms with Crippen molar-refractivity contribution in [1.29, 1.82) is 0 Å². The number of unbranched alkanes of at least 4 members (excludes halogenated alkanes) is 5. The van der Waals surface area contributed by atoms with Gasteiger partial charge in [-0.2, -0.15) is 0 Å². The number of nitrogens with zero attached hydrogens (tertiary/aromatic N) is 1. The molecule has 1 heterocycles. The number of rotatable bonds is 9. The van der Waals surface area contributed by atoms with Crippen LogP contribution in [-0.2, 0) is 4.74 Å². The zero-order valence-electron chi connectivity index (χ0n) is 14.7. The Morgan fingerprint density at radius 2 is 1.64 bits per heavy atom. The summed E-state index contributed by atoms with van der Waals surface area (Å²) in [5, 5.41) is 6.20. The Morgan fingerprint density at radius 3 is 2.27 bits per heavy atom. The van der Waals surface area contributed by atoms with E-state index in [1.807, 2.05) is 20.8 Å². The first-order chi connectivity index (χ1) is 10.5. The molecule has 0 aromatic rings. The van der Waals surface area contributed by atoms with E-state index in [0.717, 1.165) is 26.1 Å². The summed E-state index contributed by atoms with van der Waals surface area (Å²) in [6.45, 7) is 12.3. The highest BCUT2D eigenvalue weighted by Crippen LogP contribution is 2.08. The maximum Gasteiger partial charge on any atom is 0.407 e. The third-order valence-electron chi connectivity index (χ3n) is 3.78. The average Bonchev–Trinajstić information content (AvgIpc) is 2.44. The van der Waals surface area contributed by atoms with Crippen LogP contribution in [0.4, 0.5) is 4.79 Å². The van der Waals surface area contributed by atoms with Gasteiger partial charge in [-0.1, -0.05) is 25.7 Å². The molecule has 0 unspecified atom stereocenters. The van der Waals surface area contributed by atoms with E-state index in [-0.39, 0.29) is 6.09 Å². The molecule has 5 heteroatoms. The van der Waals surface area contributed by atoms with E-state index < -0.39 is 5.60 Å². The van der Waals surface area contributed by atoms with Crippen LogP contribution in [0.2, 0.25) is 0 Å². The van der Waals surface area contributed by atoms with E-state index in [2.05, 4.69) is 15.5 Å². The lowest BCUT2D eigenvalue weighted by molar-refractivity contribution is 0.0527. The van der Waals surface area contributed by atoms with Gasteiger partial charge in [-0.05, 0) is 40.2 Å². The molecule has 0 atom stereocenters. The molecule has 0 saturated carbocycles. The molecule has 1 aliphatic heterocycles. The van der Waals surface area contributed by atoms with Crippen molar-refractivity contribution < 1.29 is 9.53 Å². The lowest BCUT2D eigenvalue weighted by Crippen LogP contribution is -2.43. The Morgan fingerprint density at radius 1 is 1.05 bits per heavy atom. The van der Waals surface area contributed by atoms with Gasteiger partial charge in [-0.3, -0.25) is 0 Å². The number of carbonyl (C=O) groups is 1. The molecule has 0 radical (unpaired) electrons. The van der Waals surface area contributed by atoms with Gasteiger partial charge in [-0.25, -0.2) is 4.79 Å². The molecule has 0 aromatic carbocycles. The molecule has 1 fully saturated rings. The average molecular weight is 313 g/mol. The van der Waals surface area contributed by atoms with Gasteiger partial charge >= 0.3 is 6.09 Å². The van der Waals surface area contributed by atoms with Crippen molar-refractivity contribution in [3.8, 4) is 0 Å². The van der Waals surface area contributed by atoms with Crippen molar-refractivity contribution in [2.45, 2.75) is 64.9 Å². The van der Waals surface area contributed by atoms with E-state index in [1.165, 1.54) is 51.7 Å². The summed E-state index contributed by atoms with van der Waals surface area (Å²) in [7, 11) is 0. The molecule has 130 valence electrons. The van der Waals surface area contributed by atoms with Crippen LogP contribution < -0.4 is 10.6 Å². The number of piperazine rings is 1. The summed E-state index contributed by atoms with van der Waals surface area (Å²) in [4.78, 5) is 14.0. The van der Waals surface area contributed by atoms with E-state index >= 15 is 0 Å². The highest BCUT2D eigenvalue weighted by atomic mass is 16.6. The molecule has 2 N–H and O–H groups in total. The summed E-state index contributed by atoms with van der Waals surface area (Å²) >= 11 is 0. The van der Waals surface area contributed by atoms with Crippen LogP contribution in [0.5, 0.6) is 0 Å². The highest BCUT2D eigenvalue weighted by Gasteiger charge is 2.15. The Bertz CT molecular complexity index is 297. The largest absolute Gasteiger partial charge is 0.444 e. The summed E-state index contributed by atoms with van der Waals surface area (Å²) in [5.41, 5.74) is -0.408. The third kappa shape index (κ3) is 10.9. The minimum absolute atomic E-state index is 0.302. The second-order valence-electron chi connectivity index (χ2n) is 7.14. The molecule has 1 saturated heterocycles. The van der Waals surface area contributed by atoms with Crippen molar-refractivity contribution >= 4 is 6.09 Å². The van der Waals surface area contributed by atoms with Crippen molar-refractivity contribution in [3.05, 3.63) is 0 Å². The zero-order chi connectivity index (χ0) is 16.3. The van der Waals surface area contributed by atoms with Gasteiger partial charge in [0.25, 0.3) is 0 Å². The third-order valence-corrected chi connectivity index (χ3v) is 3.78. The van der Waals surface area contributed by atoms with Crippen LogP contribution >= 0.6 is 0 Å². The quantitative estimate of drug-likeness (QED) is 0.643. The minimum atomic E-state index is -0.408. The van der Waals surface area contributed by atoms with Crippen LogP contribution in [0.1, 0.15) is 59.3 Å². The van der Waals surface area contributed by atoms with Gasteiger partial charge in [-0.15, -0.1) is 0 Å². The van der Waals surface area contributed by atoms with Crippen LogP contribution in [0.3, 0.4) is 0 Å². The summed E-state index contributed by atoms with van der Waals surface area (Å²) in [6.07, 6.45) is 7.12. The van der Waals surface area contributed by atoms with Crippen molar-refractivity contribution in [3.63, 3.8) is 0 Å². The van der Waals surface area contributed by atoms with Gasteiger partial charge in [0.2, 0.25) is 0 Å². The predicted molar refractivity (Wildman–Crippen MR) is 91.2 cm³/mol. The number of hydrogen-bond donors (Lipinski definition) is 2. The fourth-order valence-electron chi connectivity index (χ4n) is 2.61. The fourth-order valence-corrected chi connectivity index (χ4v) is 2.61. The Hall–Kier alpha value is -0.810. The molecule has 1 rings (SSSR count). The zero-order valence-corrected chi connectivity index (χ0v) is 14.7. The first kappa shape index (κ1) is 19.2. The van der Waals surface area contributed by atoms with Crippen molar-refractivity contribution in [2.75, 3.05) is 39.3 Å². The highest BCUT2D eigenvalue weighted by molar-refractivity contribution is 5.67. The lowest BCUT2D eigenvalue weighted by Gasteiger charge is -2.27. The second kappa shape index (κ2) is 10.8. The topological polar surface area (TPSA) is 53.6 Å². The molecule has 0 spiro atoms. The molecule has 22 heavy (non-hydrogen) atoms. The Balaban J connectivity index is 1.82. The van der Waals surface area contributed by atoms with Crippen LogP contribution in [-0.4, -0.2) is 55.9 Å². The summed E-state index contributed by atoms with van der Waals surface area (Å²) < 4.78 is 5.20. The second-order valence-corrected chi connectivity index (χ2v) is 7.14. The van der Waals surface area contributed by atoms with Gasteiger partial charge in [0.05, 0.1) is 0 Å². The number of nitrogens with one attached hydrogen (secondary N) is 2. The first-order valence-electron chi connectivity index (χ1n) is 8.87. The van der Waals surface area contributed by atoms with Crippen molar-refractivity contribution in [1.82, 2.24) is 15.5 Å². The summed E-state index contributed by atoms with van der Waals surface area (Å²) in [6, 6.07) is 0. The van der Waals surface area contributed by atoms with E-state index in [0.29, 0.717) is 0 Å². The first-order valence-corrected chi connectivity index (χ1v) is 8.87. The molecular formula is C17H35N3O2. The van der Waals surface area contributed by atoms with Gasteiger partial charge in [0.1, 0.15) is 5.60 Å². The van der Waals surface area contributed by atoms with Gasteiger partial charge in [0, 0.05) is 32.7 Å². The molecule has 0 aromatic heterocycles.